The molecule has 0 unspecified atom stereocenters. The van der Waals surface area contributed by atoms with Crippen LogP contribution in [0.1, 0.15) is 19.8 Å². The standard InChI is InChI=1S/C13H19N3O2/c1-13(14-2)7-9-15(10-8-13)11-3-5-12(6-4-11)16(17)18/h3-6,14H,7-10H2,1-2H3. The zero-order valence-corrected chi connectivity index (χ0v) is 10.8. The largest absolute Gasteiger partial charge is 0.371 e. The van der Waals surface area contributed by atoms with Gasteiger partial charge in [-0.2, -0.15) is 0 Å². The second-order valence-corrected chi connectivity index (χ2v) is 5.07. The minimum atomic E-state index is -0.363. The van der Waals surface area contributed by atoms with E-state index in [9.17, 15) is 10.1 Å². The Morgan fingerprint density at radius 2 is 1.83 bits per heavy atom. The molecular weight excluding hydrogens is 230 g/mol. The van der Waals surface area contributed by atoms with E-state index in [1.165, 1.54) is 0 Å². The fourth-order valence-electron chi connectivity index (χ4n) is 2.29. The van der Waals surface area contributed by atoms with Crippen LogP contribution in [0.5, 0.6) is 0 Å². The van der Waals surface area contributed by atoms with Gasteiger partial charge in [-0.1, -0.05) is 0 Å². The SMILES string of the molecule is CNC1(C)CCN(c2ccc([N+](=O)[O-])cc2)CC1. The van der Waals surface area contributed by atoms with Gasteiger partial charge in [0, 0.05) is 36.4 Å². The minimum absolute atomic E-state index is 0.149. The molecule has 98 valence electrons. The van der Waals surface area contributed by atoms with Crippen LogP contribution >= 0.6 is 0 Å². The molecule has 18 heavy (non-hydrogen) atoms. The number of rotatable bonds is 3. The van der Waals surface area contributed by atoms with Crippen LogP contribution in [-0.2, 0) is 0 Å². The summed E-state index contributed by atoms with van der Waals surface area (Å²) >= 11 is 0. The Bertz CT molecular complexity index is 422. The molecule has 1 aliphatic rings. The van der Waals surface area contributed by atoms with Crippen LogP contribution < -0.4 is 10.2 Å². The summed E-state index contributed by atoms with van der Waals surface area (Å²) in [5.41, 5.74) is 1.44. The Balaban J connectivity index is 2.03. The lowest BCUT2D eigenvalue weighted by Gasteiger charge is -2.40. The monoisotopic (exact) mass is 249 g/mol. The Hall–Kier alpha value is -1.62. The van der Waals surface area contributed by atoms with Gasteiger partial charge in [-0.05, 0) is 38.9 Å². The van der Waals surface area contributed by atoms with E-state index >= 15 is 0 Å². The third kappa shape index (κ3) is 2.61. The number of nitro groups is 1. The second-order valence-electron chi connectivity index (χ2n) is 5.07. The van der Waals surface area contributed by atoms with Gasteiger partial charge in [-0.15, -0.1) is 0 Å². The normalized spacial score (nSPS) is 18.7. The molecule has 0 bridgehead atoms. The fraction of sp³-hybridized carbons (Fsp3) is 0.538. The van der Waals surface area contributed by atoms with E-state index in [2.05, 4.69) is 17.1 Å². The number of nitro benzene ring substituents is 1. The van der Waals surface area contributed by atoms with E-state index in [0.717, 1.165) is 31.6 Å². The Morgan fingerprint density at radius 3 is 2.28 bits per heavy atom. The van der Waals surface area contributed by atoms with Gasteiger partial charge in [0.05, 0.1) is 4.92 Å². The minimum Gasteiger partial charge on any atom is -0.371 e. The van der Waals surface area contributed by atoms with Gasteiger partial charge >= 0.3 is 0 Å². The van der Waals surface area contributed by atoms with Crippen molar-refractivity contribution in [1.29, 1.82) is 0 Å². The second kappa shape index (κ2) is 4.94. The van der Waals surface area contributed by atoms with E-state index in [4.69, 9.17) is 0 Å². The van der Waals surface area contributed by atoms with Gasteiger partial charge < -0.3 is 10.2 Å². The number of nitrogens with zero attached hydrogens (tertiary/aromatic N) is 2. The molecule has 0 spiro atoms. The molecule has 0 aromatic heterocycles. The zero-order chi connectivity index (χ0) is 13.2. The summed E-state index contributed by atoms with van der Waals surface area (Å²) in [6.45, 7) is 4.20. The Labute approximate surface area is 107 Å². The lowest BCUT2D eigenvalue weighted by atomic mass is 9.89. The van der Waals surface area contributed by atoms with E-state index in [-0.39, 0.29) is 16.1 Å². The number of benzene rings is 1. The van der Waals surface area contributed by atoms with Crippen LogP contribution in [0.25, 0.3) is 0 Å². The van der Waals surface area contributed by atoms with Crippen LogP contribution in [0.4, 0.5) is 11.4 Å². The van der Waals surface area contributed by atoms with Gasteiger partial charge in [-0.25, -0.2) is 0 Å². The molecule has 0 saturated carbocycles. The lowest BCUT2D eigenvalue weighted by Crippen LogP contribution is -2.50. The predicted octanol–water partition coefficient (Wildman–Crippen LogP) is 2.17. The van der Waals surface area contributed by atoms with Crippen molar-refractivity contribution >= 4 is 11.4 Å². The molecule has 0 radical (unpaired) electrons. The molecule has 1 aliphatic heterocycles. The van der Waals surface area contributed by atoms with Gasteiger partial charge in [0.25, 0.3) is 5.69 Å². The van der Waals surface area contributed by atoms with E-state index < -0.39 is 0 Å². The molecule has 0 amide bonds. The van der Waals surface area contributed by atoms with Crippen molar-refractivity contribution in [3.8, 4) is 0 Å². The van der Waals surface area contributed by atoms with Crippen molar-refractivity contribution in [3.63, 3.8) is 0 Å². The van der Waals surface area contributed by atoms with Crippen molar-refractivity contribution in [2.24, 2.45) is 0 Å². The van der Waals surface area contributed by atoms with Crippen LogP contribution in [0, 0.1) is 10.1 Å². The maximum absolute atomic E-state index is 10.6. The van der Waals surface area contributed by atoms with Crippen molar-refractivity contribution in [2.75, 3.05) is 25.0 Å². The van der Waals surface area contributed by atoms with E-state index in [0.29, 0.717) is 0 Å². The van der Waals surface area contributed by atoms with Gasteiger partial charge in [-0.3, -0.25) is 10.1 Å². The zero-order valence-electron chi connectivity index (χ0n) is 10.8. The quantitative estimate of drug-likeness (QED) is 0.659. The maximum Gasteiger partial charge on any atom is 0.269 e. The molecule has 5 nitrogen and oxygen atoms in total. The molecule has 0 aliphatic carbocycles. The number of hydrogen-bond acceptors (Lipinski definition) is 4. The molecule has 1 N–H and O–H groups in total. The highest BCUT2D eigenvalue weighted by molar-refractivity contribution is 5.51. The first kappa shape index (κ1) is 12.8. The van der Waals surface area contributed by atoms with Crippen molar-refractivity contribution < 1.29 is 4.92 Å². The third-order valence-corrected chi connectivity index (χ3v) is 3.90. The highest BCUT2D eigenvalue weighted by atomic mass is 16.6. The summed E-state index contributed by atoms with van der Waals surface area (Å²) in [5.74, 6) is 0. The first-order chi connectivity index (χ1) is 8.54. The number of piperidine rings is 1. The molecule has 1 aromatic rings. The van der Waals surface area contributed by atoms with Crippen molar-refractivity contribution in [3.05, 3.63) is 34.4 Å². The highest BCUT2D eigenvalue weighted by Crippen LogP contribution is 2.26. The van der Waals surface area contributed by atoms with Crippen LogP contribution in [0.2, 0.25) is 0 Å². The summed E-state index contributed by atoms with van der Waals surface area (Å²) in [6, 6.07) is 6.81. The highest BCUT2D eigenvalue weighted by Gasteiger charge is 2.28. The Morgan fingerprint density at radius 1 is 1.28 bits per heavy atom. The number of hydrogen-bond donors (Lipinski definition) is 1. The Kier molecular flexibility index (Phi) is 3.52. The van der Waals surface area contributed by atoms with Crippen LogP contribution in [-0.4, -0.2) is 30.6 Å². The average Bonchev–Trinajstić information content (AvgIpc) is 2.40. The lowest BCUT2D eigenvalue weighted by molar-refractivity contribution is -0.384. The van der Waals surface area contributed by atoms with Gasteiger partial charge in [0.2, 0.25) is 0 Å². The number of non-ortho nitro benzene ring substituents is 1. The first-order valence-corrected chi connectivity index (χ1v) is 6.22. The topological polar surface area (TPSA) is 58.4 Å². The maximum atomic E-state index is 10.6. The number of nitrogens with one attached hydrogen (secondary N) is 1. The predicted molar refractivity (Wildman–Crippen MR) is 72.0 cm³/mol. The molecule has 0 atom stereocenters. The van der Waals surface area contributed by atoms with Gasteiger partial charge in [0.1, 0.15) is 0 Å². The van der Waals surface area contributed by atoms with Crippen LogP contribution in [0.15, 0.2) is 24.3 Å². The summed E-state index contributed by atoms with van der Waals surface area (Å²) in [5, 5.41) is 14.0. The summed E-state index contributed by atoms with van der Waals surface area (Å²) in [6.07, 6.45) is 2.17. The van der Waals surface area contributed by atoms with Crippen molar-refractivity contribution in [2.45, 2.75) is 25.3 Å². The molecule has 1 heterocycles. The van der Waals surface area contributed by atoms with E-state index in [1.54, 1.807) is 12.1 Å². The molecule has 2 rings (SSSR count). The third-order valence-electron chi connectivity index (χ3n) is 3.90. The molecule has 5 heteroatoms. The summed E-state index contributed by atoms with van der Waals surface area (Å²) in [7, 11) is 2.00. The smallest absolute Gasteiger partial charge is 0.269 e. The van der Waals surface area contributed by atoms with E-state index in [1.807, 2.05) is 19.2 Å². The first-order valence-electron chi connectivity index (χ1n) is 6.22. The number of anilines is 1. The summed E-state index contributed by atoms with van der Waals surface area (Å²) < 4.78 is 0. The van der Waals surface area contributed by atoms with Crippen molar-refractivity contribution in [1.82, 2.24) is 5.32 Å². The van der Waals surface area contributed by atoms with Gasteiger partial charge in [0.15, 0.2) is 0 Å². The average molecular weight is 249 g/mol. The van der Waals surface area contributed by atoms with Crippen LogP contribution in [0.3, 0.4) is 0 Å². The molecule has 1 saturated heterocycles. The fourth-order valence-corrected chi connectivity index (χ4v) is 2.29. The summed E-state index contributed by atoms with van der Waals surface area (Å²) in [4.78, 5) is 12.5. The molecular formula is C13H19N3O2. The molecule has 1 aromatic carbocycles. The molecule has 1 fully saturated rings.